The highest BCUT2D eigenvalue weighted by molar-refractivity contribution is 6.06. The predicted molar refractivity (Wildman–Crippen MR) is 89.7 cm³/mol. The van der Waals surface area contributed by atoms with Crippen molar-refractivity contribution < 1.29 is 13.6 Å². The molecule has 23 heavy (non-hydrogen) atoms. The number of benzene rings is 2. The van der Waals surface area contributed by atoms with Gasteiger partial charge >= 0.3 is 0 Å². The van der Waals surface area contributed by atoms with E-state index in [1.54, 1.807) is 18.2 Å². The Hall–Kier alpha value is -2.49. The highest BCUT2D eigenvalue weighted by atomic mass is 19.3. The number of rotatable bonds is 4. The van der Waals surface area contributed by atoms with E-state index in [-0.39, 0.29) is 11.1 Å². The Morgan fingerprint density at radius 3 is 2.09 bits per heavy atom. The molecule has 0 unspecified atom stereocenters. The molecule has 4 heteroatoms. The molecule has 0 fully saturated rings. The van der Waals surface area contributed by atoms with Gasteiger partial charge in [0.25, 0.3) is 12.3 Å². The number of carbonyl (C=O) groups is 1. The van der Waals surface area contributed by atoms with Crippen LogP contribution in [0.25, 0.3) is 5.57 Å². The summed E-state index contributed by atoms with van der Waals surface area (Å²) < 4.78 is 26.1. The SMILES string of the molecule is CC(C)=C(C)c1ccccc1NC(=O)c1ccccc1C(F)F. The molecule has 0 aliphatic heterocycles. The van der Waals surface area contributed by atoms with E-state index in [0.717, 1.165) is 16.7 Å². The van der Waals surface area contributed by atoms with Crippen LogP contribution in [0, 0.1) is 0 Å². The fourth-order valence-electron chi connectivity index (χ4n) is 2.27. The third-order valence-electron chi connectivity index (χ3n) is 3.77. The Morgan fingerprint density at radius 2 is 1.48 bits per heavy atom. The average Bonchev–Trinajstić information content (AvgIpc) is 2.54. The number of alkyl halides is 2. The number of allylic oxidation sites excluding steroid dienone is 2. The number of para-hydroxylation sites is 1. The average molecular weight is 315 g/mol. The molecular weight excluding hydrogens is 296 g/mol. The first kappa shape index (κ1) is 16.9. The summed E-state index contributed by atoms with van der Waals surface area (Å²) in [6.45, 7) is 5.94. The Balaban J connectivity index is 2.38. The van der Waals surface area contributed by atoms with Crippen LogP contribution < -0.4 is 5.32 Å². The second-order valence-electron chi connectivity index (χ2n) is 5.51. The van der Waals surface area contributed by atoms with Crippen LogP contribution in [0.3, 0.4) is 0 Å². The monoisotopic (exact) mass is 315 g/mol. The van der Waals surface area contributed by atoms with Crippen LogP contribution in [-0.4, -0.2) is 5.91 Å². The Kier molecular flexibility index (Phi) is 5.27. The smallest absolute Gasteiger partial charge is 0.264 e. The van der Waals surface area contributed by atoms with Crippen LogP contribution in [0.4, 0.5) is 14.5 Å². The quantitative estimate of drug-likeness (QED) is 0.771. The van der Waals surface area contributed by atoms with Gasteiger partial charge in [-0.1, -0.05) is 42.0 Å². The van der Waals surface area contributed by atoms with Gasteiger partial charge in [0, 0.05) is 22.4 Å². The molecule has 2 nitrogen and oxygen atoms in total. The first-order valence-corrected chi connectivity index (χ1v) is 7.33. The highest BCUT2D eigenvalue weighted by Crippen LogP contribution is 2.28. The lowest BCUT2D eigenvalue weighted by atomic mass is 10.0. The van der Waals surface area contributed by atoms with Crippen LogP contribution in [0.5, 0.6) is 0 Å². The standard InChI is InChI=1S/C19H19F2NO/c1-12(2)13(3)14-8-6-7-11-17(14)22-19(23)16-10-5-4-9-15(16)18(20)21/h4-11,18H,1-3H3,(H,22,23). The van der Waals surface area contributed by atoms with Gasteiger partial charge in [-0.05, 0) is 38.5 Å². The van der Waals surface area contributed by atoms with E-state index in [2.05, 4.69) is 5.32 Å². The van der Waals surface area contributed by atoms with E-state index < -0.39 is 12.3 Å². The van der Waals surface area contributed by atoms with Crippen LogP contribution in [0.15, 0.2) is 54.1 Å². The van der Waals surface area contributed by atoms with Gasteiger partial charge in [0.2, 0.25) is 0 Å². The maximum Gasteiger partial charge on any atom is 0.264 e. The van der Waals surface area contributed by atoms with Gasteiger partial charge < -0.3 is 5.32 Å². The van der Waals surface area contributed by atoms with Crippen LogP contribution in [0.1, 0.15) is 48.7 Å². The molecular formula is C19H19F2NO. The van der Waals surface area contributed by atoms with Gasteiger partial charge in [0.05, 0.1) is 0 Å². The van der Waals surface area contributed by atoms with Gasteiger partial charge in [-0.2, -0.15) is 0 Å². The lowest BCUT2D eigenvalue weighted by Gasteiger charge is -2.14. The maximum atomic E-state index is 13.1. The van der Waals surface area contributed by atoms with Crippen molar-refractivity contribution in [2.45, 2.75) is 27.2 Å². The summed E-state index contributed by atoms with van der Waals surface area (Å²) in [6, 6.07) is 13.1. The Bertz CT molecular complexity index is 747. The van der Waals surface area contributed by atoms with Crippen molar-refractivity contribution in [2.75, 3.05) is 5.32 Å². The fraction of sp³-hybridized carbons (Fsp3) is 0.211. The van der Waals surface area contributed by atoms with E-state index in [9.17, 15) is 13.6 Å². The summed E-state index contributed by atoms with van der Waals surface area (Å²) in [7, 11) is 0. The minimum absolute atomic E-state index is 0.00726. The molecule has 1 amide bonds. The van der Waals surface area contributed by atoms with Crippen molar-refractivity contribution in [2.24, 2.45) is 0 Å². The Labute approximate surface area is 134 Å². The molecule has 2 rings (SSSR count). The maximum absolute atomic E-state index is 13.1. The van der Waals surface area contributed by atoms with E-state index in [1.807, 2.05) is 32.9 Å². The lowest BCUT2D eigenvalue weighted by Crippen LogP contribution is -2.15. The summed E-state index contributed by atoms with van der Waals surface area (Å²) in [5.41, 5.74) is 3.40. The van der Waals surface area contributed by atoms with Crippen molar-refractivity contribution in [3.63, 3.8) is 0 Å². The molecule has 0 aromatic heterocycles. The minimum atomic E-state index is -2.69. The van der Waals surface area contributed by atoms with E-state index in [1.165, 1.54) is 18.2 Å². The summed E-state index contributed by atoms with van der Waals surface area (Å²) in [6.07, 6.45) is -2.69. The largest absolute Gasteiger partial charge is 0.321 e. The third-order valence-corrected chi connectivity index (χ3v) is 3.77. The van der Waals surface area contributed by atoms with Crippen molar-refractivity contribution in [3.05, 3.63) is 70.8 Å². The molecule has 1 N–H and O–H groups in total. The zero-order valence-corrected chi connectivity index (χ0v) is 13.4. The number of amides is 1. The van der Waals surface area contributed by atoms with Crippen molar-refractivity contribution in [1.29, 1.82) is 0 Å². The van der Waals surface area contributed by atoms with Gasteiger partial charge in [-0.15, -0.1) is 0 Å². The number of hydrogen-bond acceptors (Lipinski definition) is 1. The van der Waals surface area contributed by atoms with Gasteiger partial charge in [-0.3, -0.25) is 4.79 Å². The van der Waals surface area contributed by atoms with Crippen molar-refractivity contribution >= 4 is 17.2 Å². The van der Waals surface area contributed by atoms with Gasteiger partial charge in [0.15, 0.2) is 0 Å². The van der Waals surface area contributed by atoms with Crippen LogP contribution in [0.2, 0.25) is 0 Å². The molecule has 0 aliphatic carbocycles. The molecule has 120 valence electrons. The van der Waals surface area contributed by atoms with Crippen LogP contribution in [-0.2, 0) is 0 Å². The first-order valence-electron chi connectivity index (χ1n) is 7.33. The van der Waals surface area contributed by atoms with E-state index >= 15 is 0 Å². The molecule has 2 aromatic rings. The topological polar surface area (TPSA) is 29.1 Å². The number of hydrogen-bond donors (Lipinski definition) is 1. The summed E-state index contributed by atoms with van der Waals surface area (Å²) >= 11 is 0. The van der Waals surface area contributed by atoms with Crippen molar-refractivity contribution in [1.82, 2.24) is 0 Å². The second kappa shape index (κ2) is 7.18. The van der Waals surface area contributed by atoms with Gasteiger partial charge in [-0.25, -0.2) is 8.78 Å². The molecule has 0 saturated heterocycles. The zero-order valence-electron chi connectivity index (χ0n) is 13.4. The molecule has 0 aliphatic rings. The first-order chi connectivity index (χ1) is 10.9. The fourth-order valence-corrected chi connectivity index (χ4v) is 2.27. The second-order valence-corrected chi connectivity index (χ2v) is 5.51. The molecule has 0 heterocycles. The predicted octanol–water partition coefficient (Wildman–Crippen LogP) is 5.69. The summed E-state index contributed by atoms with van der Waals surface area (Å²) in [5, 5.41) is 2.75. The molecule has 2 aromatic carbocycles. The third kappa shape index (κ3) is 3.83. The Morgan fingerprint density at radius 1 is 0.913 bits per heavy atom. The van der Waals surface area contributed by atoms with Crippen LogP contribution >= 0.6 is 0 Å². The molecule has 0 radical (unpaired) electrons. The van der Waals surface area contributed by atoms with Gasteiger partial charge in [0.1, 0.15) is 0 Å². The molecule has 0 bridgehead atoms. The highest BCUT2D eigenvalue weighted by Gasteiger charge is 2.18. The van der Waals surface area contributed by atoms with E-state index in [4.69, 9.17) is 0 Å². The van der Waals surface area contributed by atoms with E-state index in [0.29, 0.717) is 5.69 Å². The summed E-state index contributed by atoms with van der Waals surface area (Å²) in [4.78, 5) is 12.4. The van der Waals surface area contributed by atoms with Crippen molar-refractivity contribution in [3.8, 4) is 0 Å². The number of halogens is 2. The number of anilines is 1. The summed E-state index contributed by atoms with van der Waals surface area (Å²) in [5.74, 6) is -0.532. The normalized spacial score (nSPS) is 10.5. The molecule has 0 atom stereocenters. The minimum Gasteiger partial charge on any atom is -0.321 e. The molecule has 0 saturated carbocycles. The lowest BCUT2D eigenvalue weighted by molar-refractivity contribution is 0.101. The number of nitrogens with one attached hydrogen (secondary N) is 1. The zero-order chi connectivity index (χ0) is 17.0. The number of carbonyl (C=O) groups excluding carboxylic acids is 1. The molecule has 0 spiro atoms.